The predicted molar refractivity (Wildman–Crippen MR) is 94.6 cm³/mol. The molecule has 0 unspecified atom stereocenters. The molecule has 0 spiro atoms. The summed E-state index contributed by atoms with van der Waals surface area (Å²) in [7, 11) is 0. The van der Waals surface area contributed by atoms with E-state index in [2.05, 4.69) is 16.7 Å². The molecule has 2 aliphatic heterocycles. The quantitative estimate of drug-likeness (QED) is 0.875. The largest absolute Gasteiger partial charge is 0.391 e. The molecule has 1 aromatic carbocycles. The number of piperazine rings is 1. The number of nitrogens with zero attached hydrogens (tertiary/aromatic N) is 3. The van der Waals surface area contributed by atoms with Gasteiger partial charge in [-0.3, -0.25) is 4.79 Å². The fourth-order valence-electron chi connectivity index (χ4n) is 3.85. The number of aliphatic hydroxyl groups excluding tert-OH is 1. The lowest BCUT2D eigenvalue weighted by Crippen LogP contribution is -2.47. The molecular weight excluding hydrogens is 321 g/mol. The molecule has 0 saturated carbocycles. The summed E-state index contributed by atoms with van der Waals surface area (Å²) in [6, 6.07) is 6.13. The Morgan fingerprint density at radius 2 is 1.96 bits per heavy atom. The van der Waals surface area contributed by atoms with Crippen molar-refractivity contribution in [1.29, 1.82) is 0 Å². The van der Waals surface area contributed by atoms with E-state index in [9.17, 15) is 14.3 Å². The third-order valence-electron chi connectivity index (χ3n) is 5.39. The minimum absolute atomic E-state index is 0.0451. The predicted octanol–water partition coefficient (Wildman–Crippen LogP) is 1.49. The molecule has 2 aliphatic rings. The lowest BCUT2D eigenvalue weighted by molar-refractivity contribution is -0.132. The second-order valence-electron chi connectivity index (χ2n) is 7.03. The molecule has 0 radical (unpaired) electrons. The summed E-state index contributed by atoms with van der Waals surface area (Å²) >= 11 is 0. The molecule has 1 amide bonds. The zero-order valence-corrected chi connectivity index (χ0v) is 14.9. The molecule has 0 bridgehead atoms. The van der Waals surface area contributed by atoms with Crippen molar-refractivity contribution in [2.24, 2.45) is 0 Å². The van der Waals surface area contributed by atoms with Crippen molar-refractivity contribution in [2.45, 2.75) is 31.9 Å². The lowest BCUT2D eigenvalue weighted by Gasteiger charge is -2.34. The molecular formula is C19H28FN3O2. The number of likely N-dealkylation sites (tertiary alicyclic amines) is 1. The van der Waals surface area contributed by atoms with Crippen molar-refractivity contribution in [3.05, 3.63) is 35.6 Å². The summed E-state index contributed by atoms with van der Waals surface area (Å²) in [6.07, 6.45) is 0.389. The monoisotopic (exact) mass is 349 g/mol. The Labute approximate surface area is 149 Å². The van der Waals surface area contributed by atoms with Crippen molar-refractivity contribution in [1.82, 2.24) is 14.7 Å². The van der Waals surface area contributed by atoms with Gasteiger partial charge in [-0.05, 0) is 30.7 Å². The van der Waals surface area contributed by atoms with Crippen LogP contribution in [0.15, 0.2) is 24.3 Å². The van der Waals surface area contributed by atoms with Gasteiger partial charge < -0.3 is 19.8 Å². The minimum Gasteiger partial charge on any atom is -0.391 e. The standard InChI is InChI=1S/C19H28FN3O2/c1-2-21-8-10-22(11-9-21)7-6-19(25)23-14-17(24)13-18(23)15-4-3-5-16(20)12-15/h3-5,12,17-18,24H,2,6-11,13-14H2,1H3/t17-,18-/m1/s1. The number of amides is 1. The number of likely N-dealkylation sites (N-methyl/N-ethyl adjacent to an activating group) is 1. The maximum Gasteiger partial charge on any atom is 0.224 e. The van der Waals surface area contributed by atoms with Crippen LogP contribution in [0.3, 0.4) is 0 Å². The van der Waals surface area contributed by atoms with E-state index in [1.54, 1.807) is 11.0 Å². The first-order valence-electron chi connectivity index (χ1n) is 9.24. The van der Waals surface area contributed by atoms with Gasteiger partial charge in [0.15, 0.2) is 0 Å². The van der Waals surface area contributed by atoms with Gasteiger partial charge in [0.05, 0.1) is 12.1 Å². The van der Waals surface area contributed by atoms with Crippen molar-refractivity contribution in [3.8, 4) is 0 Å². The lowest BCUT2D eigenvalue weighted by atomic mass is 10.0. The molecule has 25 heavy (non-hydrogen) atoms. The Kier molecular flexibility index (Phi) is 6.04. The van der Waals surface area contributed by atoms with E-state index in [1.807, 2.05) is 6.07 Å². The SMILES string of the molecule is CCN1CCN(CCC(=O)N2C[C@H](O)C[C@@H]2c2cccc(F)c2)CC1. The van der Waals surface area contributed by atoms with Gasteiger partial charge in [0.2, 0.25) is 5.91 Å². The average Bonchev–Trinajstić information content (AvgIpc) is 3.02. The van der Waals surface area contributed by atoms with Gasteiger partial charge in [0, 0.05) is 45.7 Å². The van der Waals surface area contributed by atoms with E-state index >= 15 is 0 Å². The molecule has 1 N–H and O–H groups in total. The average molecular weight is 349 g/mol. The van der Waals surface area contributed by atoms with Crippen LogP contribution in [0, 0.1) is 5.82 Å². The van der Waals surface area contributed by atoms with Gasteiger partial charge in [-0.2, -0.15) is 0 Å². The molecule has 2 fully saturated rings. The van der Waals surface area contributed by atoms with E-state index in [1.165, 1.54) is 12.1 Å². The van der Waals surface area contributed by atoms with E-state index < -0.39 is 6.10 Å². The maximum absolute atomic E-state index is 13.5. The van der Waals surface area contributed by atoms with Gasteiger partial charge >= 0.3 is 0 Å². The van der Waals surface area contributed by atoms with Gasteiger partial charge in [0.1, 0.15) is 5.82 Å². The smallest absolute Gasteiger partial charge is 0.224 e. The van der Waals surface area contributed by atoms with Crippen LogP contribution in [0.2, 0.25) is 0 Å². The molecule has 6 heteroatoms. The molecule has 2 heterocycles. The highest BCUT2D eigenvalue weighted by Crippen LogP contribution is 2.33. The zero-order valence-electron chi connectivity index (χ0n) is 14.9. The van der Waals surface area contributed by atoms with Crippen LogP contribution in [-0.2, 0) is 4.79 Å². The number of benzene rings is 1. The summed E-state index contributed by atoms with van der Waals surface area (Å²) in [5.74, 6) is -0.260. The van der Waals surface area contributed by atoms with E-state index in [-0.39, 0.29) is 17.8 Å². The first kappa shape index (κ1) is 18.3. The van der Waals surface area contributed by atoms with Crippen LogP contribution < -0.4 is 0 Å². The zero-order chi connectivity index (χ0) is 17.8. The molecule has 0 aromatic heterocycles. The molecule has 1 aromatic rings. The molecule has 0 aliphatic carbocycles. The van der Waals surface area contributed by atoms with E-state index in [0.29, 0.717) is 19.4 Å². The number of carbonyl (C=O) groups is 1. The van der Waals surface area contributed by atoms with Crippen molar-refractivity contribution >= 4 is 5.91 Å². The summed E-state index contributed by atoms with van der Waals surface area (Å²) in [6.45, 7) is 8.44. The number of hydrogen-bond donors (Lipinski definition) is 1. The number of β-amino-alcohol motifs (C(OH)–C–C–N with tert-alkyl or cyclic N) is 1. The minimum atomic E-state index is -0.537. The van der Waals surface area contributed by atoms with E-state index in [4.69, 9.17) is 0 Å². The molecule has 2 atom stereocenters. The summed E-state index contributed by atoms with van der Waals surface area (Å²) in [4.78, 5) is 19.2. The third-order valence-corrected chi connectivity index (χ3v) is 5.39. The molecule has 5 nitrogen and oxygen atoms in total. The second-order valence-corrected chi connectivity index (χ2v) is 7.03. The van der Waals surface area contributed by atoms with Crippen LogP contribution in [0.5, 0.6) is 0 Å². The van der Waals surface area contributed by atoms with Crippen molar-refractivity contribution in [3.63, 3.8) is 0 Å². The Morgan fingerprint density at radius 1 is 1.24 bits per heavy atom. The van der Waals surface area contributed by atoms with Crippen LogP contribution >= 0.6 is 0 Å². The summed E-state index contributed by atoms with van der Waals surface area (Å²) < 4.78 is 13.5. The van der Waals surface area contributed by atoms with Crippen LogP contribution in [0.4, 0.5) is 4.39 Å². The highest BCUT2D eigenvalue weighted by Gasteiger charge is 2.35. The first-order valence-corrected chi connectivity index (χ1v) is 9.24. The topological polar surface area (TPSA) is 47.0 Å². The van der Waals surface area contributed by atoms with Gasteiger partial charge in [-0.15, -0.1) is 0 Å². The van der Waals surface area contributed by atoms with Gasteiger partial charge in [-0.25, -0.2) is 4.39 Å². The Bertz CT molecular complexity index is 590. The maximum atomic E-state index is 13.5. The number of aliphatic hydroxyl groups is 1. The van der Waals surface area contributed by atoms with Crippen LogP contribution in [-0.4, -0.2) is 77.6 Å². The van der Waals surface area contributed by atoms with E-state index in [0.717, 1.165) is 44.8 Å². The number of halogens is 1. The highest BCUT2D eigenvalue weighted by atomic mass is 19.1. The Morgan fingerprint density at radius 3 is 2.64 bits per heavy atom. The van der Waals surface area contributed by atoms with Crippen LogP contribution in [0.1, 0.15) is 31.4 Å². The fraction of sp³-hybridized carbons (Fsp3) is 0.632. The van der Waals surface area contributed by atoms with Crippen molar-refractivity contribution < 1.29 is 14.3 Å². The van der Waals surface area contributed by atoms with Gasteiger partial charge in [-0.1, -0.05) is 19.1 Å². The fourth-order valence-corrected chi connectivity index (χ4v) is 3.85. The number of hydrogen-bond acceptors (Lipinski definition) is 4. The Hall–Kier alpha value is -1.50. The number of rotatable bonds is 5. The normalized spacial score (nSPS) is 25.5. The van der Waals surface area contributed by atoms with Crippen molar-refractivity contribution in [2.75, 3.05) is 45.8 Å². The van der Waals surface area contributed by atoms with Gasteiger partial charge in [0.25, 0.3) is 0 Å². The Balaban J connectivity index is 1.57. The summed E-state index contributed by atoms with van der Waals surface area (Å²) in [5, 5.41) is 10.0. The first-order chi connectivity index (χ1) is 12.1. The summed E-state index contributed by atoms with van der Waals surface area (Å²) in [5.41, 5.74) is 0.765. The molecule has 3 rings (SSSR count). The highest BCUT2D eigenvalue weighted by molar-refractivity contribution is 5.77. The molecule has 138 valence electrons. The van der Waals surface area contributed by atoms with Crippen LogP contribution in [0.25, 0.3) is 0 Å². The third kappa shape index (κ3) is 4.57. The molecule has 2 saturated heterocycles. The second kappa shape index (κ2) is 8.25. The number of carbonyl (C=O) groups excluding carboxylic acids is 1.